The quantitative estimate of drug-likeness (QED) is 0.0243. The van der Waals surface area contributed by atoms with Gasteiger partial charge in [-0.15, -0.1) is 0 Å². The molecule has 0 aromatic rings. The average Bonchev–Trinajstić information content (AvgIpc) is 3.29. The number of phosphoric ester groups is 1. The summed E-state index contributed by atoms with van der Waals surface area (Å²) in [6, 6.07) is -0.861. The fraction of sp³-hybridized carbons (Fsp3) is 0.879. The Kier molecular flexibility index (Phi) is 48.7. The first-order valence-electron chi connectivity index (χ1n) is 28.9. The molecule has 8 nitrogen and oxygen atoms in total. The Bertz CT molecular complexity index is 1190. The molecular formula is C58H114N2O6P+. The number of rotatable bonds is 53. The van der Waals surface area contributed by atoms with Crippen molar-refractivity contribution in [3.63, 3.8) is 0 Å². The van der Waals surface area contributed by atoms with Crippen molar-refractivity contribution in [1.29, 1.82) is 0 Å². The van der Waals surface area contributed by atoms with Crippen molar-refractivity contribution in [2.45, 2.75) is 289 Å². The van der Waals surface area contributed by atoms with Gasteiger partial charge >= 0.3 is 7.82 Å². The van der Waals surface area contributed by atoms with Crippen LogP contribution >= 0.6 is 7.82 Å². The summed E-state index contributed by atoms with van der Waals surface area (Å²) in [6.45, 7) is 4.81. The zero-order valence-electron chi connectivity index (χ0n) is 45.2. The molecule has 1 amide bonds. The molecule has 396 valence electrons. The lowest BCUT2D eigenvalue weighted by atomic mass is 10.0. The van der Waals surface area contributed by atoms with Crippen LogP contribution in [0.5, 0.6) is 0 Å². The molecule has 3 N–H and O–H groups in total. The molecule has 9 heteroatoms. The fourth-order valence-corrected chi connectivity index (χ4v) is 9.26. The number of nitrogens with zero attached hydrogens (tertiary/aromatic N) is 1. The minimum absolute atomic E-state index is 0.0572. The van der Waals surface area contributed by atoms with E-state index < -0.39 is 20.0 Å². The number of phosphoric acid groups is 1. The number of hydrogen-bond donors (Lipinski definition) is 3. The van der Waals surface area contributed by atoms with E-state index >= 15 is 0 Å². The third-order valence-electron chi connectivity index (χ3n) is 13.1. The summed E-state index contributed by atoms with van der Waals surface area (Å²) in [5.74, 6) is -0.184. The number of likely N-dealkylation sites (N-methyl/N-ethyl adjacent to an activating group) is 1. The van der Waals surface area contributed by atoms with Crippen molar-refractivity contribution in [3.05, 3.63) is 36.5 Å². The Morgan fingerprint density at radius 2 is 0.821 bits per heavy atom. The monoisotopic (exact) mass is 966 g/mol. The lowest BCUT2D eigenvalue weighted by Crippen LogP contribution is -2.45. The van der Waals surface area contributed by atoms with E-state index in [1.807, 2.05) is 27.2 Å². The number of amides is 1. The molecule has 0 spiro atoms. The summed E-state index contributed by atoms with van der Waals surface area (Å²) in [6.07, 6.45) is 64.1. The van der Waals surface area contributed by atoms with E-state index in [4.69, 9.17) is 9.05 Å². The number of quaternary nitrogens is 1. The second-order valence-corrected chi connectivity index (χ2v) is 22.5. The smallest absolute Gasteiger partial charge is 0.387 e. The first-order valence-corrected chi connectivity index (χ1v) is 30.4. The van der Waals surface area contributed by atoms with Crippen LogP contribution in [0.4, 0.5) is 0 Å². The minimum atomic E-state index is -4.35. The molecule has 3 unspecified atom stereocenters. The number of allylic oxidation sites excluding steroid dienone is 5. The maximum absolute atomic E-state index is 12.9. The van der Waals surface area contributed by atoms with Crippen LogP contribution in [0.1, 0.15) is 277 Å². The van der Waals surface area contributed by atoms with Gasteiger partial charge in [0.1, 0.15) is 13.2 Å². The normalized spacial score (nSPS) is 14.2. The number of carbonyl (C=O) groups excluding carboxylic acids is 1. The summed E-state index contributed by atoms with van der Waals surface area (Å²) in [5.41, 5.74) is 0. The van der Waals surface area contributed by atoms with Crippen molar-refractivity contribution in [1.82, 2.24) is 5.32 Å². The van der Waals surface area contributed by atoms with Gasteiger partial charge in [0.05, 0.1) is 39.9 Å². The third-order valence-corrected chi connectivity index (χ3v) is 14.1. The molecule has 0 aromatic heterocycles. The van der Waals surface area contributed by atoms with E-state index in [2.05, 4.69) is 43.5 Å². The molecule has 0 aromatic carbocycles. The van der Waals surface area contributed by atoms with Crippen molar-refractivity contribution in [3.8, 4) is 0 Å². The lowest BCUT2D eigenvalue weighted by Gasteiger charge is -2.25. The maximum Gasteiger partial charge on any atom is 0.472 e. The van der Waals surface area contributed by atoms with Crippen LogP contribution in [0.2, 0.25) is 0 Å². The van der Waals surface area contributed by atoms with Gasteiger partial charge in [0.25, 0.3) is 0 Å². The predicted octanol–water partition coefficient (Wildman–Crippen LogP) is 17.4. The molecule has 0 bridgehead atoms. The summed E-state index contributed by atoms with van der Waals surface area (Å²) < 4.78 is 23.6. The minimum Gasteiger partial charge on any atom is -0.387 e. The van der Waals surface area contributed by atoms with Crippen molar-refractivity contribution >= 4 is 13.7 Å². The summed E-state index contributed by atoms with van der Waals surface area (Å²) in [7, 11) is 1.56. The van der Waals surface area contributed by atoms with Gasteiger partial charge in [-0.2, -0.15) is 0 Å². The number of hydrogen-bond acceptors (Lipinski definition) is 5. The number of aliphatic hydroxyl groups is 1. The molecule has 0 aliphatic carbocycles. The van der Waals surface area contributed by atoms with Crippen molar-refractivity contribution < 1.29 is 32.9 Å². The van der Waals surface area contributed by atoms with Crippen LogP contribution in [-0.2, 0) is 18.4 Å². The summed E-state index contributed by atoms with van der Waals surface area (Å²) in [5, 5.41) is 13.9. The zero-order chi connectivity index (χ0) is 49.2. The topological polar surface area (TPSA) is 105 Å². The van der Waals surface area contributed by atoms with E-state index in [0.717, 1.165) is 38.5 Å². The van der Waals surface area contributed by atoms with Gasteiger partial charge < -0.3 is 19.8 Å². The highest BCUT2D eigenvalue weighted by Gasteiger charge is 2.27. The Hall–Kier alpha value is -1.28. The molecule has 0 aliphatic rings. The number of nitrogens with one attached hydrogen (secondary N) is 1. The molecular weight excluding hydrogens is 852 g/mol. The largest absolute Gasteiger partial charge is 0.472 e. The summed E-state index contributed by atoms with van der Waals surface area (Å²) in [4.78, 5) is 23.2. The van der Waals surface area contributed by atoms with Crippen LogP contribution in [0.3, 0.4) is 0 Å². The molecule has 0 saturated carbocycles. The Balaban J connectivity index is 4.03. The molecule has 3 atom stereocenters. The molecule has 67 heavy (non-hydrogen) atoms. The number of unbranched alkanes of at least 4 members (excludes halogenated alkanes) is 36. The molecule has 0 fully saturated rings. The van der Waals surface area contributed by atoms with E-state index in [-0.39, 0.29) is 19.1 Å². The Morgan fingerprint density at radius 3 is 1.19 bits per heavy atom. The van der Waals surface area contributed by atoms with Crippen LogP contribution in [-0.4, -0.2) is 73.4 Å². The van der Waals surface area contributed by atoms with Crippen molar-refractivity contribution in [2.24, 2.45) is 0 Å². The maximum atomic E-state index is 12.9. The second kappa shape index (κ2) is 49.7. The fourth-order valence-electron chi connectivity index (χ4n) is 8.53. The van der Waals surface area contributed by atoms with Gasteiger partial charge in [0, 0.05) is 6.42 Å². The van der Waals surface area contributed by atoms with Crippen LogP contribution < -0.4 is 5.32 Å². The first-order chi connectivity index (χ1) is 32.5. The van der Waals surface area contributed by atoms with Gasteiger partial charge in [-0.25, -0.2) is 4.57 Å². The van der Waals surface area contributed by atoms with Gasteiger partial charge in [0.2, 0.25) is 5.91 Å². The van der Waals surface area contributed by atoms with E-state index in [1.54, 1.807) is 6.08 Å². The van der Waals surface area contributed by atoms with E-state index in [9.17, 15) is 19.4 Å². The highest BCUT2D eigenvalue weighted by Crippen LogP contribution is 2.43. The number of aliphatic hydroxyl groups excluding tert-OH is 1. The van der Waals surface area contributed by atoms with Crippen LogP contribution in [0, 0.1) is 0 Å². The molecule has 0 rings (SSSR count). The van der Waals surface area contributed by atoms with E-state index in [0.29, 0.717) is 17.4 Å². The Morgan fingerprint density at radius 1 is 0.493 bits per heavy atom. The first kappa shape index (κ1) is 65.7. The second-order valence-electron chi connectivity index (χ2n) is 21.0. The van der Waals surface area contributed by atoms with Crippen LogP contribution in [0.25, 0.3) is 0 Å². The predicted molar refractivity (Wildman–Crippen MR) is 291 cm³/mol. The zero-order valence-corrected chi connectivity index (χ0v) is 46.0. The molecule has 0 aliphatic heterocycles. The van der Waals surface area contributed by atoms with Gasteiger partial charge in [0.15, 0.2) is 0 Å². The highest BCUT2D eigenvalue weighted by molar-refractivity contribution is 7.47. The summed E-state index contributed by atoms with van der Waals surface area (Å²) >= 11 is 0. The van der Waals surface area contributed by atoms with Crippen LogP contribution in [0.15, 0.2) is 36.5 Å². The Labute approximate surface area is 417 Å². The molecule has 0 saturated heterocycles. The molecule has 0 radical (unpaired) electrons. The third kappa shape index (κ3) is 52.4. The number of carbonyl (C=O) groups is 1. The van der Waals surface area contributed by atoms with Gasteiger partial charge in [-0.1, -0.05) is 249 Å². The molecule has 0 heterocycles. The van der Waals surface area contributed by atoms with E-state index in [1.165, 1.54) is 218 Å². The SMILES string of the molecule is CCCCCCCCC/C=C/CC/C=C/C(O)C(COP(=O)(O)OCC[N+](C)(C)C)NC(=O)CCCCCCCCCCCCCCCCCC/C=C\CCCCCCCCCCCCCC. The average molecular weight is 967 g/mol. The highest BCUT2D eigenvalue weighted by atomic mass is 31.2. The van der Waals surface area contributed by atoms with Gasteiger partial charge in [-0.05, 0) is 57.8 Å². The van der Waals surface area contributed by atoms with Crippen molar-refractivity contribution in [2.75, 3.05) is 40.9 Å². The standard InChI is InChI=1S/C58H113N2O6P/c1-6-8-10-12-14-16-18-20-21-22-23-24-25-26-27-28-29-30-31-32-33-34-35-36-37-38-40-42-44-46-48-50-52-58(62)59-56(55-66-67(63,64)65-54-53-60(3,4)5)57(61)51-49-47-45-43-41-39-19-17-15-13-11-9-7-2/h26-27,41,43,49,51,56-57,61H,6-25,28-40,42,44-48,50,52-55H2,1-5H3,(H-,59,62,63,64)/p+1/b27-26-,43-41+,51-49+. The van der Waals surface area contributed by atoms with Gasteiger partial charge in [-0.3, -0.25) is 13.8 Å². The lowest BCUT2D eigenvalue weighted by molar-refractivity contribution is -0.870.